The maximum Gasteiger partial charge on any atom is 0.267 e. The van der Waals surface area contributed by atoms with Gasteiger partial charge in [-0.3, -0.25) is 9.52 Å². The smallest absolute Gasteiger partial charge is 0.267 e. The molecule has 7 nitrogen and oxygen atoms in total. The molecule has 0 unspecified atom stereocenters. The minimum atomic E-state index is -3.79. The van der Waals surface area contributed by atoms with E-state index < -0.39 is 15.9 Å². The van der Waals surface area contributed by atoms with Crippen LogP contribution in [0.25, 0.3) is 0 Å². The van der Waals surface area contributed by atoms with Crippen molar-refractivity contribution in [1.82, 2.24) is 4.98 Å². The van der Waals surface area contributed by atoms with Crippen molar-refractivity contribution in [3.8, 4) is 5.75 Å². The molecule has 0 atom stereocenters. The second-order valence-electron chi connectivity index (χ2n) is 4.99. The third-order valence-electron chi connectivity index (χ3n) is 3.25. The summed E-state index contributed by atoms with van der Waals surface area (Å²) in [4.78, 5) is 14.9. The number of sulfonamides is 1. The lowest BCUT2D eigenvalue weighted by atomic mass is 10.1. The van der Waals surface area contributed by atoms with Gasteiger partial charge in [0.05, 0.1) is 23.9 Å². The average Bonchev–Trinajstić information content (AvgIpc) is 2.49. The molecule has 2 aromatic rings. The van der Waals surface area contributed by atoms with Crippen molar-refractivity contribution >= 4 is 21.6 Å². The number of rotatable bonds is 5. The number of anilines is 1. The SMILES string of the molecule is COc1cc(C)c(S(=O)(=O)Nc2ccc(C(N)=O)nc2)cc1C. The van der Waals surface area contributed by atoms with Crippen LogP contribution in [0.5, 0.6) is 5.75 Å². The summed E-state index contributed by atoms with van der Waals surface area (Å²) in [5.41, 5.74) is 6.66. The molecule has 0 aliphatic carbocycles. The number of ether oxygens (including phenoxy) is 1. The molecule has 1 heterocycles. The van der Waals surface area contributed by atoms with Gasteiger partial charge in [-0.2, -0.15) is 0 Å². The molecule has 8 heteroatoms. The normalized spacial score (nSPS) is 11.1. The second-order valence-corrected chi connectivity index (χ2v) is 6.64. The van der Waals surface area contributed by atoms with Gasteiger partial charge in [0.1, 0.15) is 11.4 Å². The topological polar surface area (TPSA) is 111 Å². The number of nitrogens with two attached hydrogens (primary N) is 1. The van der Waals surface area contributed by atoms with Gasteiger partial charge in [-0.15, -0.1) is 0 Å². The van der Waals surface area contributed by atoms with E-state index in [-0.39, 0.29) is 16.3 Å². The number of carbonyl (C=O) groups is 1. The minimum absolute atomic E-state index is 0.0596. The van der Waals surface area contributed by atoms with Crippen LogP contribution >= 0.6 is 0 Å². The summed E-state index contributed by atoms with van der Waals surface area (Å²) in [5, 5.41) is 0. The van der Waals surface area contributed by atoms with Crippen LogP contribution in [0.15, 0.2) is 35.4 Å². The van der Waals surface area contributed by atoms with Crippen LogP contribution in [0.1, 0.15) is 21.6 Å². The molecule has 3 N–H and O–H groups in total. The van der Waals surface area contributed by atoms with Gasteiger partial charge >= 0.3 is 0 Å². The van der Waals surface area contributed by atoms with E-state index >= 15 is 0 Å². The third kappa shape index (κ3) is 3.59. The maximum atomic E-state index is 12.5. The van der Waals surface area contributed by atoms with Gasteiger partial charge in [0, 0.05) is 0 Å². The Kier molecular flexibility index (Phi) is 4.55. The van der Waals surface area contributed by atoms with Gasteiger partial charge in [0.2, 0.25) is 0 Å². The van der Waals surface area contributed by atoms with Crippen molar-refractivity contribution in [2.75, 3.05) is 11.8 Å². The highest BCUT2D eigenvalue weighted by molar-refractivity contribution is 7.92. The number of amides is 1. The van der Waals surface area contributed by atoms with E-state index in [1.54, 1.807) is 26.0 Å². The van der Waals surface area contributed by atoms with Crippen LogP contribution in [0, 0.1) is 13.8 Å². The van der Waals surface area contributed by atoms with E-state index in [0.717, 1.165) is 0 Å². The summed E-state index contributed by atoms with van der Waals surface area (Å²) >= 11 is 0. The molecule has 1 aromatic heterocycles. The van der Waals surface area contributed by atoms with E-state index in [0.29, 0.717) is 16.9 Å². The first kappa shape index (κ1) is 16.8. The molecular weight excluding hydrogens is 318 g/mol. The lowest BCUT2D eigenvalue weighted by molar-refractivity contribution is 0.0995. The van der Waals surface area contributed by atoms with Gasteiger partial charge in [-0.05, 0) is 49.2 Å². The van der Waals surface area contributed by atoms with Crippen LogP contribution in [0.2, 0.25) is 0 Å². The van der Waals surface area contributed by atoms with Crippen molar-refractivity contribution in [3.63, 3.8) is 0 Å². The van der Waals surface area contributed by atoms with Gasteiger partial charge < -0.3 is 10.5 Å². The molecule has 0 aliphatic rings. The first-order valence-electron chi connectivity index (χ1n) is 6.68. The van der Waals surface area contributed by atoms with Gasteiger partial charge in [0.25, 0.3) is 15.9 Å². The molecule has 0 spiro atoms. The van der Waals surface area contributed by atoms with Gasteiger partial charge in [0.15, 0.2) is 0 Å². The molecule has 0 bridgehead atoms. The number of aromatic nitrogens is 1. The summed E-state index contributed by atoms with van der Waals surface area (Å²) in [6.45, 7) is 3.45. The Balaban J connectivity index is 2.35. The fraction of sp³-hybridized carbons (Fsp3) is 0.200. The number of hydrogen-bond donors (Lipinski definition) is 2. The lowest BCUT2D eigenvalue weighted by Gasteiger charge is -2.13. The molecule has 1 aromatic carbocycles. The molecule has 0 fully saturated rings. The standard InChI is InChI=1S/C15H17N3O4S/c1-9-7-14(10(2)6-13(9)22-3)23(20,21)18-11-4-5-12(15(16)19)17-8-11/h4-8,18H,1-3H3,(H2,16,19). The quantitative estimate of drug-likeness (QED) is 0.862. The molecule has 2 rings (SSSR count). The minimum Gasteiger partial charge on any atom is -0.496 e. The number of benzene rings is 1. The van der Waals surface area contributed by atoms with Gasteiger partial charge in [-0.25, -0.2) is 13.4 Å². The highest BCUT2D eigenvalue weighted by Crippen LogP contribution is 2.26. The number of nitrogens with one attached hydrogen (secondary N) is 1. The zero-order chi connectivity index (χ0) is 17.2. The summed E-state index contributed by atoms with van der Waals surface area (Å²) in [5.74, 6) is -0.0602. The zero-order valence-electron chi connectivity index (χ0n) is 13.0. The molecule has 0 aliphatic heterocycles. The summed E-state index contributed by atoms with van der Waals surface area (Å²) in [6.07, 6.45) is 1.24. The van der Waals surface area contributed by atoms with Crippen molar-refractivity contribution < 1.29 is 17.9 Å². The Labute approximate surface area is 134 Å². The lowest BCUT2D eigenvalue weighted by Crippen LogP contribution is -2.16. The number of carbonyl (C=O) groups excluding carboxylic acids is 1. The maximum absolute atomic E-state index is 12.5. The Morgan fingerprint density at radius 3 is 2.43 bits per heavy atom. The molecule has 0 saturated heterocycles. The van der Waals surface area contributed by atoms with Crippen molar-refractivity contribution in [3.05, 3.63) is 47.3 Å². The van der Waals surface area contributed by atoms with E-state index in [1.165, 1.54) is 25.4 Å². The molecular formula is C15H17N3O4S. The number of nitrogens with zero attached hydrogens (tertiary/aromatic N) is 1. The van der Waals surface area contributed by atoms with E-state index in [2.05, 4.69) is 9.71 Å². The van der Waals surface area contributed by atoms with Crippen LogP contribution in [-0.4, -0.2) is 26.4 Å². The van der Waals surface area contributed by atoms with E-state index in [1.807, 2.05) is 0 Å². The monoisotopic (exact) mass is 335 g/mol. The van der Waals surface area contributed by atoms with Crippen molar-refractivity contribution in [1.29, 1.82) is 0 Å². The fourth-order valence-electron chi connectivity index (χ4n) is 2.08. The molecule has 1 amide bonds. The average molecular weight is 335 g/mol. The van der Waals surface area contributed by atoms with Gasteiger partial charge in [-0.1, -0.05) is 0 Å². The summed E-state index contributed by atoms with van der Waals surface area (Å²) < 4.78 is 32.6. The number of aryl methyl sites for hydroxylation is 2. The molecule has 0 radical (unpaired) electrons. The number of hydrogen-bond acceptors (Lipinski definition) is 5. The third-order valence-corrected chi connectivity index (χ3v) is 4.77. The number of methoxy groups -OCH3 is 1. The summed E-state index contributed by atoms with van der Waals surface area (Å²) in [7, 11) is -2.26. The Hall–Kier alpha value is -2.61. The van der Waals surface area contributed by atoms with Crippen LogP contribution in [0.4, 0.5) is 5.69 Å². The van der Waals surface area contributed by atoms with E-state index in [4.69, 9.17) is 10.5 Å². The number of primary amides is 1. The van der Waals surface area contributed by atoms with E-state index in [9.17, 15) is 13.2 Å². The first-order valence-corrected chi connectivity index (χ1v) is 8.17. The fourth-order valence-corrected chi connectivity index (χ4v) is 3.44. The molecule has 23 heavy (non-hydrogen) atoms. The largest absolute Gasteiger partial charge is 0.496 e. The Morgan fingerprint density at radius 1 is 1.22 bits per heavy atom. The predicted molar refractivity (Wildman–Crippen MR) is 86.0 cm³/mol. The number of pyridine rings is 1. The van der Waals surface area contributed by atoms with Crippen LogP contribution in [-0.2, 0) is 10.0 Å². The van der Waals surface area contributed by atoms with Crippen molar-refractivity contribution in [2.24, 2.45) is 5.73 Å². The second kappa shape index (κ2) is 6.25. The first-order chi connectivity index (χ1) is 10.7. The van der Waals surface area contributed by atoms with Crippen LogP contribution < -0.4 is 15.2 Å². The Morgan fingerprint density at radius 2 is 1.91 bits per heavy atom. The highest BCUT2D eigenvalue weighted by atomic mass is 32.2. The zero-order valence-corrected chi connectivity index (χ0v) is 13.8. The molecule has 122 valence electrons. The highest BCUT2D eigenvalue weighted by Gasteiger charge is 2.19. The van der Waals surface area contributed by atoms with Crippen molar-refractivity contribution in [2.45, 2.75) is 18.7 Å². The summed E-state index contributed by atoms with van der Waals surface area (Å²) in [6, 6.07) is 5.99. The predicted octanol–water partition coefficient (Wildman–Crippen LogP) is 1.61. The molecule has 0 saturated carbocycles. The van der Waals surface area contributed by atoms with Crippen LogP contribution in [0.3, 0.4) is 0 Å². The Bertz CT molecular complexity index is 846.